The summed E-state index contributed by atoms with van der Waals surface area (Å²) in [7, 11) is 0. The summed E-state index contributed by atoms with van der Waals surface area (Å²) in [5, 5.41) is 2.45. The van der Waals surface area contributed by atoms with Crippen molar-refractivity contribution in [3.63, 3.8) is 0 Å². The van der Waals surface area contributed by atoms with Crippen LogP contribution in [-0.4, -0.2) is 51.7 Å². The second-order valence-electron chi connectivity index (χ2n) is 2.97. The summed E-state index contributed by atoms with van der Waals surface area (Å²) in [6, 6.07) is 0. The van der Waals surface area contributed by atoms with E-state index in [-0.39, 0.29) is 19.6 Å². The molecule has 0 aliphatic carbocycles. The summed E-state index contributed by atoms with van der Waals surface area (Å²) in [6.07, 6.45) is -1.27. The Labute approximate surface area is 105 Å². The van der Waals surface area contributed by atoms with E-state index in [1.165, 1.54) is 0 Å². The van der Waals surface area contributed by atoms with Crippen LogP contribution in [0.3, 0.4) is 0 Å². The SMILES string of the molecule is CCOCCCNC(=O)OCC(OC=O)OC=O. The van der Waals surface area contributed by atoms with E-state index >= 15 is 0 Å². The molecule has 0 bridgehead atoms. The zero-order valence-corrected chi connectivity index (χ0v) is 10.1. The Morgan fingerprint density at radius 2 is 1.94 bits per heavy atom. The van der Waals surface area contributed by atoms with E-state index in [0.717, 1.165) is 0 Å². The minimum atomic E-state index is -1.23. The number of alkyl carbamates (subject to hydrolysis) is 1. The van der Waals surface area contributed by atoms with Gasteiger partial charge in [-0.3, -0.25) is 9.59 Å². The van der Waals surface area contributed by atoms with Crippen molar-refractivity contribution < 1.29 is 33.3 Å². The third-order valence-corrected chi connectivity index (χ3v) is 1.70. The maximum atomic E-state index is 11.1. The first-order valence-corrected chi connectivity index (χ1v) is 5.41. The largest absolute Gasteiger partial charge is 0.442 e. The van der Waals surface area contributed by atoms with E-state index in [1.807, 2.05) is 6.92 Å². The maximum absolute atomic E-state index is 11.1. The topological polar surface area (TPSA) is 100 Å². The molecule has 18 heavy (non-hydrogen) atoms. The molecule has 1 amide bonds. The van der Waals surface area contributed by atoms with Crippen LogP contribution < -0.4 is 5.32 Å². The monoisotopic (exact) mass is 263 g/mol. The fraction of sp³-hybridized carbons (Fsp3) is 0.700. The minimum Gasteiger partial charge on any atom is -0.442 e. The molecule has 0 saturated carbocycles. The molecule has 8 heteroatoms. The predicted octanol–water partition coefficient (Wildman–Crippen LogP) is -0.189. The lowest BCUT2D eigenvalue weighted by Crippen LogP contribution is -2.31. The van der Waals surface area contributed by atoms with Gasteiger partial charge in [0.2, 0.25) is 0 Å². The molecule has 0 atom stereocenters. The fourth-order valence-corrected chi connectivity index (χ4v) is 0.938. The van der Waals surface area contributed by atoms with Crippen molar-refractivity contribution in [1.29, 1.82) is 0 Å². The molecule has 0 aliphatic heterocycles. The van der Waals surface area contributed by atoms with Crippen LogP contribution in [-0.2, 0) is 28.5 Å². The third-order valence-electron chi connectivity index (χ3n) is 1.70. The Morgan fingerprint density at radius 1 is 1.28 bits per heavy atom. The number of ether oxygens (including phenoxy) is 4. The molecule has 1 N–H and O–H groups in total. The Kier molecular flexibility index (Phi) is 10.5. The van der Waals surface area contributed by atoms with Crippen LogP contribution in [0.4, 0.5) is 4.79 Å². The Hall–Kier alpha value is -1.83. The number of rotatable bonds is 11. The van der Waals surface area contributed by atoms with Crippen molar-refractivity contribution in [2.24, 2.45) is 0 Å². The number of carbonyl (C=O) groups is 3. The van der Waals surface area contributed by atoms with Crippen LogP contribution in [0.25, 0.3) is 0 Å². The lowest BCUT2D eigenvalue weighted by atomic mass is 10.4. The highest BCUT2D eigenvalue weighted by atomic mass is 16.7. The molecule has 0 rings (SSSR count). The van der Waals surface area contributed by atoms with Crippen molar-refractivity contribution >= 4 is 19.0 Å². The Bertz CT molecular complexity index is 236. The van der Waals surface area contributed by atoms with Gasteiger partial charge in [0.15, 0.2) is 6.61 Å². The van der Waals surface area contributed by atoms with E-state index in [9.17, 15) is 14.4 Å². The number of hydrogen-bond donors (Lipinski definition) is 1. The molecule has 0 spiro atoms. The molecule has 0 aliphatic rings. The number of hydrogen-bond acceptors (Lipinski definition) is 7. The van der Waals surface area contributed by atoms with Crippen LogP contribution in [0.5, 0.6) is 0 Å². The number of amides is 1. The first-order chi connectivity index (χ1) is 8.74. The molecular weight excluding hydrogens is 246 g/mol. The molecule has 0 fully saturated rings. The van der Waals surface area contributed by atoms with Crippen LogP contribution in [0.1, 0.15) is 13.3 Å². The van der Waals surface area contributed by atoms with Crippen molar-refractivity contribution in [2.45, 2.75) is 19.6 Å². The zero-order chi connectivity index (χ0) is 13.6. The standard InChI is InChI=1S/C10H17NO7/c1-2-15-5-3-4-11-10(14)16-6-9(17-7-12)18-8-13/h7-9H,2-6H2,1H3,(H,11,14). The van der Waals surface area contributed by atoms with Crippen molar-refractivity contribution in [3.05, 3.63) is 0 Å². The first kappa shape index (κ1) is 16.2. The Morgan fingerprint density at radius 3 is 2.50 bits per heavy atom. The lowest BCUT2D eigenvalue weighted by Gasteiger charge is -2.13. The summed E-state index contributed by atoms with van der Waals surface area (Å²) >= 11 is 0. The molecule has 0 aromatic heterocycles. The van der Waals surface area contributed by atoms with Gasteiger partial charge in [-0.1, -0.05) is 0 Å². The molecule has 104 valence electrons. The van der Waals surface area contributed by atoms with Gasteiger partial charge in [-0.05, 0) is 13.3 Å². The molecule has 0 heterocycles. The van der Waals surface area contributed by atoms with Crippen molar-refractivity contribution in [1.82, 2.24) is 5.32 Å². The highest BCUT2D eigenvalue weighted by Gasteiger charge is 2.12. The average molecular weight is 263 g/mol. The summed E-state index contributed by atoms with van der Waals surface area (Å²) in [5.74, 6) is 0. The van der Waals surface area contributed by atoms with E-state index in [4.69, 9.17) is 4.74 Å². The molecule has 0 saturated heterocycles. The lowest BCUT2D eigenvalue weighted by molar-refractivity contribution is -0.175. The summed E-state index contributed by atoms with van der Waals surface area (Å²) in [6.45, 7) is 3.26. The van der Waals surface area contributed by atoms with Gasteiger partial charge in [-0.2, -0.15) is 0 Å². The molecule has 0 aromatic carbocycles. The molecule has 0 radical (unpaired) electrons. The molecular formula is C10H17NO7. The summed E-state index contributed by atoms with van der Waals surface area (Å²) < 4.78 is 18.4. The maximum Gasteiger partial charge on any atom is 0.407 e. The van der Waals surface area contributed by atoms with E-state index < -0.39 is 12.4 Å². The van der Waals surface area contributed by atoms with Crippen LogP contribution in [0.2, 0.25) is 0 Å². The van der Waals surface area contributed by atoms with Gasteiger partial charge in [-0.25, -0.2) is 4.79 Å². The van der Waals surface area contributed by atoms with Crippen molar-refractivity contribution in [3.8, 4) is 0 Å². The van der Waals surface area contributed by atoms with Gasteiger partial charge in [0, 0.05) is 19.8 Å². The van der Waals surface area contributed by atoms with E-state index in [0.29, 0.717) is 26.2 Å². The molecule has 8 nitrogen and oxygen atoms in total. The first-order valence-electron chi connectivity index (χ1n) is 5.41. The highest BCUT2D eigenvalue weighted by Crippen LogP contribution is 1.93. The zero-order valence-electron chi connectivity index (χ0n) is 10.1. The molecule has 0 aromatic rings. The van der Waals surface area contributed by atoms with Gasteiger partial charge >= 0.3 is 6.09 Å². The van der Waals surface area contributed by atoms with E-state index in [2.05, 4.69) is 19.5 Å². The van der Waals surface area contributed by atoms with Gasteiger partial charge in [0.25, 0.3) is 19.2 Å². The van der Waals surface area contributed by atoms with E-state index in [1.54, 1.807) is 0 Å². The second kappa shape index (κ2) is 11.6. The van der Waals surface area contributed by atoms with Crippen LogP contribution in [0.15, 0.2) is 0 Å². The number of carbonyl (C=O) groups excluding carboxylic acids is 3. The molecule has 0 unspecified atom stereocenters. The van der Waals surface area contributed by atoms with Gasteiger partial charge < -0.3 is 24.3 Å². The average Bonchev–Trinajstić information content (AvgIpc) is 2.36. The summed E-state index contributed by atoms with van der Waals surface area (Å²) in [4.78, 5) is 31.2. The fourth-order valence-electron chi connectivity index (χ4n) is 0.938. The summed E-state index contributed by atoms with van der Waals surface area (Å²) in [5.41, 5.74) is 0. The minimum absolute atomic E-state index is 0.0948. The smallest absolute Gasteiger partial charge is 0.407 e. The van der Waals surface area contributed by atoms with Gasteiger partial charge in [-0.15, -0.1) is 0 Å². The number of nitrogens with one attached hydrogen (secondary N) is 1. The van der Waals surface area contributed by atoms with Crippen molar-refractivity contribution in [2.75, 3.05) is 26.4 Å². The highest BCUT2D eigenvalue weighted by molar-refractivity contribution is 5.67. The van der Waals surface area contributed by atoms with Crippen LogP contribution in [0, 0.1) is 0 Å². The van der Waals surface area contributed by atoms with Gasteiger partial charge in [0.05, 0.1) is 0 Å². The quantitative estimate of drug-likeness (QED) is 0.313. The van der Waals surface area contributed by atoms with Crippen LogP contribution >= 0.6 is 0 Å². The normalized spacial score (nSPS) is 9.67. The second-order valence-corrected chi connectivity index (χ2v) is 2.97. The van der Waals surface area contributed by atoms with Gasteiger partial charge in [0.1, 0.15) is 0 Å². The third kappa shape index (κ3) is 9.40. The predicted molar refractivity (Wildman–Crippen MR) is 58.5 cm³/mol. The Balaban J connectivity index is 3.60.